The minimum absolute atomic E-state index is 0.158. The first-order chi connectivity index (χ1) is 11.0. The minimum atomic E-state index is -0.533. The van der Waals surface area contributed by atoms with Crippen LogP contribution >= 0.6 is 37.9 Å². The number of esters is 2. The molecule has 0 aliphatic rings. The van der Waals surface area contributed by atoms with E-state index in [1.807, 2.05) is 6.92 Å². The lowest BCUT2D eigenvalue weighted by Gasteiger charge is -2.31. The van der Waals surface area contributed by atoms with Crippen molar-refractivity contribution in [2.45, 2.75) is 32.6 Å². The zero-order valence-electron chi connectivity index (χ0n) is 13.7. The molecule has 0 aromatic rings. The van der Waals surface area contributed by atoms with Gasteiger partial charge in [-0.1, -0.05) is 6.92 Å². The molecule has 136 valence electrons. The molecule has 0 aromatic heterocycles. The third-order valence-electron chi connectivity index (χ3n) is 3.32. The smallest absolute Gasteiger partial charge is 0.306 e. The highest BCUT2D eigenvalue weighted by Crippen LogP contribution is 2.24. The van der Waals surface area contributed by atoms with Crippen molar-refractivity contribution in [3.63, 3.8) is 0 Å². The number of carbonyl (C=O) groups is 2. The van der Waals surface area contributed by atoms with Gasteiger partial charge < -0.3 is 14.2 Å². The molecule has 0 atom stereocenters. The quantitative estimate of drug-likeness (QED) is 0.244. The zero-order chi connectivity index (χ0) is 17.6. The molecule has 0 amide bonds. The maximum atomic E-state index is 11.6. The van der Waals surface area contributed by atoms with Crippen LogP contribution in [0.25, 0.3) is 0 Å². The Labute approximate surface area is 155 Å². The van der Waals surface area contributed by atoms with Gasteiger partial charge in [-0.25, -0.2) is 0 Å². The van der Waals surface area contributed by atoms with Crippen LogP contribution in [-0.2, 0) is 23.8 Å². The second-order valence-corrected chi connectivity index (χ2v) is 6.59. The average Bonchev–Trinajstić information content (AvgIpc) is 2.54. The van der Waals surface area contributed by atoms with Crippen LogP contribution in [0.1, 0.15) is 32.6 Å². The summed E-state index contributed by atoms with van der Waals surface area (Å²) in [6, 6.07) is 0. The average molecular weight is 385 g/mol. The summed E-state index contributed by atoms with van der Waals surface area (Å²) in [4.78, 5) is 23.2. The van der Waals surface area contributed by atoms with Crippen LogP contribution in [0.4, 0.5) is 0 Å². The highest BCUT2D eigenvalue weighted by atomic mass is 32.1. The van der Waals surface area contributed by atoms with E-state index in [-0.39, 0.29) is 38.0 Å². The van der Waals surface area contributed by atoms with Gasteiger partial charge in [0, 0.05) is 18.1 Å². The first-order valence-corrected chi connectivity index (χ1v) is 9.65. The Morgan fingerprint density at radius 1 is 0.870 bits per heavy atom. The van der Waals surface area contributed by atoms with E-state index in [0.717, 1.165) is 12.2 Å². The summed E-state index contributed by atoms with van der Waals surface area (Å²) >= 11 is 12.2. The van der Waals surface area contributed by atoms with E-state index in [1.54, 1.807) is 0 Å². The van der Waals surface area contributed by atoms with Crippen LogP contribution in [0.5, 0.6) is 0 Å². The minimum Gasteiger partial charge on any atom is -0.465 e. The lowest BCUT2D eigenvalue weighted by molar-refractivity contribution is -0.157. The molecule has 0 bridgehead atoms. The summed E-state index contributed by atoms with van der Waals surface area (Å²) < 4.78 is 16.3. The molecule has 0 spiro atoms. The SMILES string of the molecule is CCC(COCCCS)(COC(=O)CCS)COC(=O)CCS. The topological polar surface area (TPSA) is 61.8 Å². The van der Waals surface area contributed by atoms with E-state index >= 15 is 0 Å². The predicted molar refractivity (Wildman–Crippen MR) is 101 cm³/mol. The lowest BCUT2D eigenvalue weighted by Crippen LogP contribution is -2.38. The maximum Gasteiger partial charge on any atom is 0.306 e. The monoisotopic (exact) mass is 384 g/mol. The van der Waals surface area contributed by atoms with Crippen molar-refractivity contribution in [3.05, 3.63) is 0 Å². The van der Waals surface area contributed by atoms with E-state index in [4.69, 9.17) is 14.2 Å². The van der Waals surface area contributed by atoms with Crippen LogP contribution < -0.4 is 0 Å². The second-order valence-electron chi connectivity index (χ2n) is 5.25. The molecule has 0 N–H and O–H groups in total. The summed E-state index contributed by atoms with van der Waals surface area (Å²) in [5.74, 6) is 0.998. The molecule has 0 saturated carbocycles. The van der Waals surface area contributed by atoms with Crippen molar-refractivity contribution in [1.82, 2.24) is 0 Å². The van der Waals surface area contributed by atoms with Gasteiger partial charge in [0.1, 0.15) is 13.2 Å². The van der Waals surface area contributed by atoms with Gasteiger partial charge in [0.25, 0.3) is 0 Å². The van der Waals surface area contributed by atoms with Crippen molar-refractivity contribution < 1.29 is 23.8 Å². The number of ether oxygens (including phenoxy) is 3. The molecule has 0 radical (unpaired) electrons. The first-order valence-electron chi connectivity index (χ1n) is 7.75. The van der Waals surface area contributed by atoms with E-state index in [9.17, 15) is 9.59 Å². The van der Waals surface area contributed by atoms with Crippen molar-refractivity contribution in [2.24, 2.45) is 5.41 Å². The van der Waals surface area contributed by atoms with Crippen LogP contribution in [0.15, 0.2) is 0 Å². The Bertz CT molecular complexity index is 317. The number of carbonyl (C=O) groups excluding carboxylic acids is 2. The van der Waals surface area contributed by atoms with Gasteiger partial charge in [0.2, 0.25) is 0 Å². The molecule has 23 heavy (non-hydrogen) atoms. The summed E-state index contributed by atoms with van der Waals surface area (Å²) in [6.45, 7) is 3.21. The Hall–Kier alpha value is -0.0500. The van der Waals surface area contributed by atoms with Crippen molar-refractivity contribution >= 4 is 49.8 Å². The third-order valence-corrected chi connectivity index (χ3v) is 4.08. The van der Waals surface area contributed by atoms with Crippen LogP contribution in [0.3, 0.4) is 0 Å². The Kier molecular flexibility index (Phi) is 14.3. The van der Waals surface area contributed by atoms with Crippen LogP contribution in [0, 0.1) is 5.41 Å². The van der Waals surface area contributed by atoms with Gasteiger partial charge in [-0.2, -0.15) is 37.9 Å². The molecular formula is C15H28O5S3. The Balaban J connectivity index is 4.62. The fourth-order valence-electron chi connectivity index (χ4n) is 1.68. The van der Waals surface area contributed by atoms with Gasteiger partial charge in [-0.15, -0.1) is 0 Å². The number of rotatable bonds is 14. The largest absolute Gasteiger partial charge is 0.465 e. The van der Waals surface area contributed by atoms with E-state index in [1.165, 1.54) is 0 Å². The van der Waals surface area contributed by atoms with Crippen LogP contribution in [-0.4, -0.2) is 55.6 Å². The summed E-state index contributed by atoms with van der Waals surface area (Å²) in [5, 5.41) is 0. The fraction of sp³-hybridized carbons (Fsp3) is 0.867. The van der Waals surface area contributed by atoms with Crippen molar-refractivity contribution in [3.8, 4) is 0 Å². The fourth-order valence-corrected chi connectivity index (χ4v) is 2.17. The van der Waals surface area contributed by atoms with Gasteiger partial charge in [-0.05, 0) is 18.6 Å². The highest BCUT2D eigenvalue weighted by Gasteiger charge is 2.32. The van der Waals surface area contributed by atoms with Gasteiger partial charge in [0.15, 0.2) is 0 Å². The normalized spacial score (nSPS) is 11.3. The van der Waals surface area contributed by atoms with Gasteiger partial charge in [0.05, 0.1) is 24.9 Å². The molecule has 0 aliphatic carbocycles. The Morgan fingerprint density at radius 2 is 1.39 bits per heavy atom. The first kappa shape index (κ1) is 22.9. The van der Waals surface area contributed by atoms with Crippen LogP contribution in [0.2, 0.25) is 0 Å². The number of hydrogen-bond acceptors (Lipinski definition) is 8. The second kappa shape index (κ2) is 14.3. The Morgan fingerprint density at radius 3 is 1.78 bits per heavy atom. The molecule has 8 heteroatoms. The molecule has 0 aliphatic heterocycles. The van der Waals surface area contributed by atoms with Crippen molar-refractivity contribution in [1.29, 1.82) is 0 Å². The van der Waals surface area contributed by atoms with E-state index < -0.39 is 5.41 Å². The standard InChI is InChI=1S/C15H28O5S3/c1-2-15(10-18-6-3-7-21,11-19-13(16)4-8-22)12-20-14(17)5-9-23/h21-23H,2-12H2,1H3. The summed E-state index contributed by atoms with van der Waals surface area (Å²) in [6.07, 6.45) is 2.00. The molecule has 0 aromatic carbocycles. The molecule has 0 unspecified atom stereocenters. The lowest BCUT2D eigenvalue weighted by atomic mass is 9.88. The molecule has 0 fully saturated rings. The van der Waals surface area contributed by atoms with Crippen molar-refractivity contribution in [2.75, 3.05) is 43.7 Å². The predicted octanol–water partition coefficient (Wildman–Crippen LogP) is 2.45. The molecule has 0 rings (SSSR count). The molecular weight excluding hydrogens is 356 g/mol. The third kappa shape index (κ3) is 11.2. The van der Waals surface area contributed by atoms with E-state index in [0.29, 0.717) is 31.1 Å². The maximum absolute atomic E-state index is 11.6. The molecule has 5 nitrogen and oxygen atoms in total. The molecule has 0 saturated heterocycles. The summed E-state index contributed by atoms with van der Waals surface area (Å²) in [5.41, 5.74) is -0.533. The highest BCUT2D eigenvalue weighted by molar-refractivity contribution is 7.80. The van der Waals surface area contributed by atoms with E-state index in [2.05, 4.69) is 37.9 Å². The summed E-state index contributed by atoms with van der Waals surface area (Å²) in [7, 11) is 0. The molecule has 0 heterocycles. The number of thiol groups is 3. The number of hydrogen-bond donors (Lipinski definition) is 3. The van der Waals surface area contributed by atoms with Gasteiger partial charge >= 0.3 is 11.9 Å². The zero-order valence-corrected chi connectivity index (χ0v) is 16.3. The van der Waals surface area contributed by atoms with Gasteiger partial charge in [-0.3, -0.25) is 9.59 Å².